The lowest BCUT2D eigenvalue weighted by molar-refractivity contribution is 0.560. The number of rotatable bonds is 5. The fraction of sp³-hybridized carbons (Fsp3) is 0.200. The van der Waals surface area contributed by atoms with Crippen LogP contribution in [0, 0.1) is 0 Å². The van der Waals surface area contributed by atoms with Crippen molar-refractivity contribution in [2.24, 2.45) is 0 Å². The second-order valence-electron chi connectivity index (χ2n) is 5.10. The Morgan fingerprint density at radius 1 is 1.09 bits per heavy atom. The summed E-state index contributed by atoms with van der Waals surface area (Å²) in [7, 11) is -3.62. The molecule has 0 amide bonds. The van der Waals surface area contributed by atoms with E-state index in [-0.39, 0.29) is 10.9 Å². The first-order chi connectivity index (χ1) is 10.6. The third-order valence-electron chi connectivity index (χ3n) is 3.28. The standard InChI is InChI=1S/C15H15N3O2S2/c1-11(10-12-6-3-2-4-7-12)18-22(19,20)14-9-5-8-13-15(14)17-21-16-13/h2-9,11,18H,10H2,1H3/t11-/m0/s1. The normalized spacial score (nSPS) is 13.3. The van der Waals surface area contributed by atoms with Crippen molar-refractivity contribution in [3.8, 4) is 0 Å². The van der Waals surface area contributed by atoms with E-state index in [0.29, 0.717) is 17.5 Å². The molecule has 0 spiro atoms. The van der Waals surface area contributed by atoms with E-state index in [1.54, 1.807) is 18.2 Å². The molecule has 0 fully saturated rings. The number of nitrogens with one attached hydrogen (secondary N) is 1. The highest BCUT2D eigenvalue weighted by Gasteiger charge is 2.21. The van der Waals surface area contributed by atoms with E-state index >= 15 is 0 Å². The van der Waals surface area contributed by atoms with Crippen LogP contribution < -0.4 is 4.72 Å². The van der Waals surface area contributed by atoms with Crippen LogP contribution in [0.1, 0.15) is 12.5 Å². The zero-order valence-corrected chi connectivity index (χ0v) is 13.6. The summed E-state index contributed by atoms with van der Waals surface area (Å²) in [5.74, 6) is 0. The largest absolute Gasteiger partial charge is 0.243 e. The highest BCUT2D eigenvalue weighted by Crippen LogP contribution is 2.21. The quantitative estimate of drug-likeness (QED) is 0.779. The second-order valence-corrected chi connectivity index (χ2v) is 7.31. The van der Waals surface area contributed by atoms with Gasteiger partial charge in [0.15, 0.2) is 0 Å². The monoisotopic (exact) mass is 333 g/mol. The first kappa shape index (κ1) is 15.1. The number of fused-ring (bicyclic) bond motifs is 1. The third-order valence-corrected chi connectivity index (χ3v) is 5.44. The van der Waals surface area contributed by atoms with Crippen LogP contribution in [0.4, 0.5) is 0 Å². The van der Waals surface area contributed by atoms with E-state index in [4.69, 9.17) is 0 Å². The van der Waals surface area contributed by atoms with Crippen molar-refractivity contribution in [1.82, 2.24) is 13.5 Å². The van der Waals surface area contributed by atoms with Gasteiger partial charge in [-0.05, 0) is 31.0 Å². The molecule has 3 rings (SSSR count). The SMILES string of the molecule is C[C@@H](Cc1ccccc1)NS(=O)(=O)c1cccc2nsnc12. The molecule has 0 aliphatic carbocycles. The number of sulfonamides is 1. The summed E-state index contributed by atoms with van der Waals surface area (Å²) in [4.78, 5) is 0.179. The first-order valence-electron chi connectivity index (χ1n) is 6.84. The third kappa shape index (κ3) is 3.16. The van der Waals surface area contributed by atoms with Gasteiger partial charge in [-0.25, -0.2) is 13.1 Å². The summed E-state index contributed by atoms with van der Waals surface area (Å²) < 4.78 is 36.0. The maximum Gasteiger partial charge on any atom is 0.243 e. The molecule has 2 aromatic carbocycles. The van der Waals surface area contributed by atoms with Gasteiger partial charge in [0.2, 0.25) is 10.0 Å². The van der Waals surface area contributed by atoms with Crippen LogP contribution >= 0.6 is 11.7 Å². The van der Waals surface area contributed by atoms with E-state index in [9.17, 15) is 8.42 Å². The van der Waals surface area contributed by atoms with Gasteiger partial charge >= 0.3 is 0 Å². The average molecular weight is 333 g/mol. The predicted molar refractivity (Wildman–Crippen MR) is 87.3 cm³/mol. The van der Waals surface area contributed by atoms with Crippen molar-refractivity contribution in [3.05, 3.63) is 54.1 Å². The van der Waals surface area contributed by atoms with Crippen LogP contribution in [0.2, 0.25) is 0 Å². The maximum absolute atomic E-state index is 12.6. The molecule has 0 unspecified atom stereocenters. The zero-order chi connectivity index (χ0) is 15.6. The van der Waals surface area contributed by atoms with E-state index in [1.165, 1.54) is 0 Å². The Bertz CT molecular complexity index is 876. The second kappa shape index (κ2) is 6.12. The number of benzene rings is 2. The summed E-state index contributed by atoms with van der Waals surface area (Å²) in [6.07, 6.45) is 0.630. The topological polar surface area (TPSA) is 72.0 Å². The van der Waals surface area contributed by atoms with E-state index in [0.717, 1.165) is 17.3 Å². The molecule has 5 nitrogen and oxygen atoms in total. The summed E-state index contributed by atoms with van der Waals surface area (Å²) >= 11 is 1.01. The van der Waals surface area contributed by atoms with Crippen LogP contribution in [-0.2, 0) is 16.4 Å². The predicted octanol–water partition coefficient (Wildman–Crippen LogP) is 2.60. The molecular weight excluding hydrogens is 318 g/mol. The smallest absolute Gasteiger partial charge is 0.208 e. The Morgan fingerprint density at radius 2 is 1.86 bits per heavy atom. The minimum Gasteiger partial charge on any atom is -0.208 e. The van der Waals surface area contributed by atoms with Gasteiger partial charge in [-0.15, -0.1) is 0 Å². The van der Waals surface area contributed by atoms with Crippen LogP contribution in [0.25, 0.3) is 11.0 Å². The van der Waals surface area contributed by atoms with Gasteiger partial charge in [-0.2, -0.15) is 8.75 Å². The van der Waals surface area contributed by atoms with Gasteiger partial charge in [0.1, 0.15) is 15.9 Å². The average Bonchev–Trinajstić information content (AvgIpc) is 2.95. The molecule has 0 saturated carbocycles. The first-order valence-corrected chi connectivity index (χ1v) is 9.05. The van der Waals surface area contributed by atoms with Crippen molar-refractivity contribution < 1.29 is 8.42 Å². The minimum atomic E-state index is -3.62. The fourth-order valence-corrected chi connectivity index (χ4v) is 4.35. The van der Waals surface area contributed by atoms with Gasteiger partial charge in [-0.3, -0.25) is 0 Å². The molecule has 114 valence electrons. The molecule has 0 bridgehead atoms. The molecule has 0 radical (unpaired) electrons. The molecule has 0 saturated heterocycles. The maximum atomic E-state index is 12.6. The van der Waals surface area contributed by atoms with E-state index < -0.39 is 10.0 Å². The van der Waals surface area contributed by atoms with Crippen LogP contribution in [0.5, 0.6) is 0 Å². The molecule has 22 heavy (non-hydrogen) atoms. The van der Waals surface area contributed by atoms with Crippen LogP contribution in [0.15, 0.2) is 53.4 Å². The van der Waals surface area contributed by atoms with Crippen molar-refractivity contribution >= 4 is 32.8 Å². The lowest BCUT2D eigenvalue weighted by Crippen LogP contribution is -2.34. The van der Waals surface area contributed by atoms with Gasteiger partial charge < -0.3 is 0 Å². The molecule has 1 atom stereocenters. The van der Waals surface area contributed by atoms with Crippen molar-refractivity contribution in [3.63, 3.8) is 0 Å². The number of hydrogen-bond donors (Lipinski definition) is 1. The molecular formula is C15H15N3O2S2. The minimum absolute atomic E-state index is 0.179. The molecule has 3 aromatic rings. The summed E-state index contributed by atoms with van der Waals surface area (Å²) in [5, 5.41) is 0. The van der Waals surface area contributed by atoms with E-state index in [2.05, 4.69) is 13.5 Å². The molecule has 0 aliphatic heterocycles. The summed E-state index contributed by atoms with van der Waals surface area (Å²) in [6.45, 7) is 1.85. The Morgan fingerprint density at radius 3 is 2.64 bits per heavy atom. The highest BCUT2D eigenvalue weighted by molar-refractivity contribution is 7.89. The summed E-state index contributed by atoms with van der Waals surface area (Å²) in [5.41, 5.74) is 2.11. The van der Waals surface area contributed by atoms with Gasteiger partial charge in [0.25, 0.3) is 0 Å². The van der Waals surface area contributed by atoms with E-state index in [1.807, 2.05) is 37.3 Å². The number of hydrogen-bond acceptors (Lipinski definition) is 5. The number of nitrogens with zero attached hydrogens (tertiary/aromatic N) is 2. The van der Waals surface area contributed by atoms with Crippen LogP contribution in [-0.4, -0.2) is 23.2 Å². The lowest BCUT2D eigenvalue weighted by atomic mass is 10.1. The van der Waals surface area contributed by atoms with Crippen molar-refractivity contribution in [2.45, 2.75) is 24.3 Å². The van der Waals surface area contributed by atoms with Gasteiger partial charge in [0.05, 0.1) is 11.7 Å². The Hall–Kier alpha value is -1.83. The molecule has 0 aliphatic rings. The lowest BCUT2D eigenvalue weighted by Gasteiger charge is -2.14. The Kier molecular flexibility index (Phi) is 4.19. The molecule has 1 N–H and O–H groups in total. The zero-order valence-electron chi connectivity index (χ0n) is 11.9. The van der Waals surface area contributed by atoms with Crippen LogP contribution in [0.3, 0.4) is 0 Å². The van der Waals surface area contributed by atoms with Crippen molar-refractivity contribution in [2.75, 3.05) is 0 Å². The number of aromatic nitrogens is 2. The van der Waals surface area contributed by atoms with Gasteiger partial charge in [0, 0.05) is 6.04 Å². The molecule has 7 heteroatoms. The highest BCUT2D eigenvalue weighted by atomic mass is 32.2. The fourth-order valence-electron chi connectivity index (χ4n) is 2.34. The Labute approximate surface area is 133 Å². The molecule has 1 aromatic heterocycles. The van der Waals surface area contributed by atoms with Crippen molar-refractivity contribution in [1.29, 1.82) is 0 Å². The van der Waals surface area contributed by atoms with Gasteiger partial charge in [-0.1, -0.05) is 36.4 Å². The molecule has 1 heterocycles. The Balaban J connectivity index is 1.83. The summed E-state index contributed by atoms with van der Waals surface area (Å²) in [6, 6.07) is 14.6.